The first kappa shape index (κ1) is 19.4. The van der Waals surface area contributed by atoms with E-state index in [1.165, 1.54) is 0 Å². The highest BCUT2D eigenvalue weighted by atomic mass is 32.2. The Bertz CT molecular complexity index is 623. The lowest BCUT2D eigenvalue weighted by Gasteiger charge is -2.38. The van der Waals surface area contributed by atoms with Gasteiger partial charge in [-0.3, -0.25) is 4.90 Å². The van der Waals surface area contributed by atoms with Gasteiger partial charge in [0.15, 0.2) is 0 Å². The molecule has 2 rings (SSSR count). The Labute approximate surface area is 147 Å². The highest BCUT2D eigenvalue weighted by molar-refractivity contribution is 7.89. The second-order valence-electron chi connectivity index (χ2n) is 7.24. The van der Waals surface area contributed by atoms with Crippen molar-refractivity contribution in [1.82, 2.24) is 14.5 Å². The molecule has 0 amide bonds. The highest BCUT2D eigenvalue weighted by Gasteiger charge is 2.25. The second kappa shape index (κ2) is 8.43. The first-order valence-electron chi connectivity index (χ1n) is 8.77. The first-order valence-corrected chi connectivity index (χ1v) is 10.3. The molecule has 1 atom stereocenters. The van der Waals surface area contributed by atoms with Gasteiger partial charge in [-0.25, -0.2) is 13.1 Å². The number of aryl methyl sites for hydroxylation is 1. The third kappa shape index (κ3) is 5.28. The number of rotatable bonds is 7. The van der Waals surface area contributed by atoms with Gasteiger partial charge in [-0.15, -0.1) is 0 Å². The van der Waals surface area contributed by atoms with Gasteiger partial charge in [0.1, 0.15) is 0 Å². The van der Waals surface area contributed by atoms with Crippen molar-refractivity contribution in [2.75, 3.05) is 39.8 Å². The van der Waals surface area contributed by atoms with Crippen LogP contribution in [0.1, 0.15) is 25.8 Å². The summed E-state index contributed by atoms with van der Waals surface area (Å²) in [5.41, 5.74) is 0.782. The quantitative estimate of drug-likeness (QED) is 0.814. The minimum Gasteiger partial charge on any atom is -0.304 e. The van der Waals surface area contributed by atoms with Gasteiger partial charge in [0.2, 0.25) is 10.0 Å². The predicted octanol–water partition coefficient (Wildman–Crippen LogP) is 1.94. The van der Waals surface area contributed by atoms with Gasteiger partial charge in [0.05, 0.1) is 4.90 Å². The van der Waals surface area contributed by atoms with E-state index in [4.69, 9.17) is 0 Å². The smallest absolute Gasteiger partial charge is 0.240 e. The first-order chi connectivity index (χ1) is 11.3. The molecule has 1 aliphatic rings. The summed E-state index contributed by atoms with van der Waals surface area (Å²) in [4.78, 5) is 5.13. The summed E-state index contributed by atoms with van der Waals surface area (Å²) in [6.07, 6.45) is 1.00. The molecule has 1 aliphatic heterocycles. The molecule has 6 heteroatoms. The van der Waals surface area contributed by atoms with E-state index in [1.807, 2.05) is 19.1 Å². The third-order valence-corrected chi connectivity index (χ3v) is 6.27. The average molecular weight is 354 g/mol. The van der Waals surface area contributed by atoms with Crippen LogP contribution in [0.3, 0.4) is 0 Å². The zero-order valence-electron chi connectivity index (χ0n) is 15.3. The summed E-state index contributed by atoms with van der Waals surface area (Å²) in [6, 6.07) is 7.39. The molecular weight excluding hydrogens is 322 g/mol. The molecule has 0 aromatic heterocycles. The lowest BCUT2D eigenvalue weighted by Crippen LogP contribution is -2.52. The van der Waals surface area contributed by atoms with Crippen LogP contribution in [0.25, 0.3) is 0 Å². The second-order valence-corrected chi connectivity index (χ2v) is 8.98. The zero-order chi connectivity index (χ0) is 17.7. The summed E-state index contributed by atoms with van der Waals surface area (Å²) >= 11 is 0. The van der Waals surface area contributed by atoms with Gasteiger partial charge in [-0.2, -0.15) is 0 Å². The molecule has 136 valence electrons. The third-order valence-electron chi connectivity index (χ3n) is 4.69. The molecule has 1 N–H and O–H groups in total. The normalized spacial score (nSPS) is 18.9. The standard InChI is InChI=1S/C18H31N3O2S/c1-15(2)13-17(21-11-9-20(4)10-12-21)14-19-24(22,23)18-8-6-5-7-16(18)3/h5-8,15,17,19H,9-14H2,1-4H3. The summed E-state index contributed by atoms with van der Waals surface area (Å²) in [7, 11) is -1.32. The van der Waals surface area contributed by atoms with Gasteiger partial charge < -0.3 is 4.90 Å². The van der Waals surface area contributed by atoms with E-state index in [0.29, 0.717) is 17.4 Å². The minimum absolute atomic E-state index is 0.248. The van der Waals surface area contributed by atoms with Crippen LogP contribution in [0.4, 0.5) is 0 Å². The van der Waals surface area contributed by atoms with Crippen LogP contribution in [0.2, 0.25) is 0 Å². The topological polar surface area (TPSA) is 52.7 Å². The molecule has 0 saturated carbocycles. The van der Waals surface area contributed by atoms with Gasteiger partial charge in [0.25, 0.3) is 0 Å². The maximum Gasteiger partial charge on any atom is 0.240 e. The molecule has 0 aliphatic carbocycles. The van der Waals surface area contributed by atoms with Crippen molar-refractivity contribution >= 4 is 10.0 Å². The number of piperazine rings is 1. The van der Waals surface area contributed by atoms with Crippen LogP contribution in [-0.4, -0.2) is 64.0 Å². The van der Waals surface area contributed by atoms with Crippen molar-refractivity contribution in [3.63, 3.8) is 0 Å². The Morgan fingerprint density at radius 2 is 1.75 bits per heavy atom. The van der Waals surface area contributed by atoms with Gasteiger partial charge >= 0.3 is 0 Å². The Balaban J connectivity index is 2.05. The molecular formula is C18H31N3O2S. The van der Waals surface area contributed by atoms with E-state index in [9.17, 15) is 8.42 Å². The van der Waals surface area contributed by atoms with Crippen molar-refractivity contribution in [1.29, 1.82) is 0 Å². The Morgan fingerprint density at radius 1 is 1.12 bits per heavy atom. The molecule has 1 aromatic rings. The summed E-state index contributed by atoms with van der Waals surface area (Å²) in [5.74, 6) is 0.539. The van der Waals surface area contributed by atoms with E-state index in [1.54, 1.807) is 12.1 Å². The molecule has 1 aromatic carbocycles. The number of sulfonamides is 1. The molecule has 0 radical (unpaired) electrons. The number of likely N-dealkylation sites (N-methyl/N-ethyl adjacent to an activating group) is 1. The monoisotopic (exact) mass is 353 g/mol. The molecule has 1 fully saturated rings. The summed E-state index contributed by atoms with van der Waals surface area (Å²) < 4.78 is 28.1. The maximum absolute atomic E-state index is 12.6. The molecule has 5 nitrogen and oxygen atoms in total. The van der Waals surface area contributed by atoms with Crippen molar-refractivity contribution in [2.45, 2.75) is 38.1 Å². The lowest BCUT2D eigenvalue weighted by atomic mass is 10.0. The maximum atomic E-state index is 12.6. The minimum atomic E-state index is -3.46. The number of benzene rings is 1. The highest BCUT2D eigenvalue weighted by Crippen LogP contribution is 2.17. The van der Waals surface area contributed by atoms with Crippen molar-refractivity contribution < 1.29 is 8.42 Å². The van der Waals surface area contributed by atoms with E-state index >= 15 is 0 Å². The average Bonchev–Trinajstić information content (AvgIpc) is 2.52. The molecule has 0 spiro atoms. The fourth-order valence-electron chi connectivity index (χ4n) is 3.23. The largest absolute Gasteiger partial charge is 0.304 e. The Morgan fingerprint density at radius 3 is 2.33 bits per heavy atom. The SMILES string of the molecule is Cc1ccccc1S(=O)(=O)NCC(CC(C)C)N1CCN(C)CC1. The van der Waals surface area contributed by atoms with Crippen molar-refractivity contribution in [3.8, 4) is 0 Å². The van der Waals surface area contributed by atoms with Crippen LogP contribution < -0.4 is 4.72 Å². The fraction of sp³-hybridized carbons (Fsp3) is 0.667. The Hall–Kier alpha value is -0.950. The van der Waals surface area contributed by atoms with Gasteiger partial charge in [-0.1, -0.05) is 32.0 Å². The van der Waals surface area contributed by atoms with E-state index in [0.717, 1.165) is 38.2 Å². The van der Waals surface area contributed by atoms with E-state index in [-0.39, 0.29) is 6.04 Å². The van der Waals surface area contributed by atoms with Crippen LogP contribution in [-0.2, 0) is 10.0 Å². The van der Waals surface area contributed by atoms with Crippen LogP contribution in [0.5, 0.6) is 0 Å². The van der Waals surface area contributed by atoms with Gasteiger partial charge in [-0.05, 0) is 37.9 Å². The molecule has 1 heterocycles. The zero-order valence-corrected chi connectivity index (χ0v) is 16.1. The number of hydrogen-bond donors (Lipinski definition) is 1. The molecule has 0 bridgehead atoms. The summed E-state index contributed by atoms with van der Waals surface area (Å²) in [5, 5.41) is 0. The fourth-order valence-corrected chi connectivity index (χ4v) is 4.55. The van der Waals surface area contributed by atoms with Crippen LogP contribution in [0, 0.1) is 12.8 Å². The summed E-state index contributed by atoms with van der Waals surface area (Å²) in [6.45, 7) is 10.8. The predicted molar refractivity (Wildman–Crippen MR) is 98.7 cm³/mol. The van der Waals surface area contributed by atoms with Crippen molar-refractivity contribution in [2.24, 2.45) is 5.92 Å². The van der Waals surface area contributed by atoms with Crippen LogP contribution in [0.15, 0.2) is 29.2 Å². The van der Waals surface area contributed by atoms with Crippen LogP contribution >= 0.6 is 0 Å². The van der Waals surface area contributed by atoms with Crippen molar-refractivity contribution in [3.05, 3.63) is 29.8 Å². The Kier molecular flexibility index (Phi) is 6.80. The number of hydrogen-bond acceptors (Lipinski definition) is 4. The lowest BCUT2D eigenvalue weighted by molar-refractivity contribution is 0.102. The molecule has 1 unspecified atom stereocenters. The van der Waals surface area contributed by atoms with Gasteiger partial charge in [0, 0.05) is 38.8 Å². The van der Waals surface area contributed by atoms with E-state index in [2.05, 4.69) is 35.4 Å². The molecule has 24 heavy (non-hydrogen) atoms. The number of nitrogens with one attached hydrogen (secondary N) is 1. The number of nitrogens with zero attached hydrogens (tertiary/aromatic N) is 2. The van der Waals surface area contributed by atoms with E-state index < -0.39 is 10.0 Å². The molecule has 1 saturated heterocycles.